The SMILES string of the molecule is Cc1cccc(S(=O)(=O)NC2CC(C(=O)O)C2)c1C#N. The molecule has 1 aromatic carbocycles. The van der Waals surface area contributed by atoms with Crippen LogP contribution in [0.1, 0.15) is 24.0 Å². The maximum Gasteiger partial charge on any atom is 0.306 e. The van der Waals surface area contributed by atoms with E-state index >= 15 is 0 Å². The predicted octanol–water partition coefficient (Wildman–Crippen LogP) is 1.01. The fourth-order valence-electron chi connectivity index (χ4n) is 2.21. The summed E-state index contributed by atoms with van der Waals surface area (Å²) in [6.07, 6.45) is 0.560. The Labute approximate surface area is 117 Å². The third kappa shape index (κ3) is 2.66. The highest BCUT2D eigenvalue weighted by molar-refractivity contribution is 7.89. The fraction of sp³-hybridized carbons (Fsp3) is 0.385. The topological polar surface area (TPSA) is 107 Å². The molecule has 0 atom stereocenters. The molecule has 0 aromatic heterocycles. The van der Waals surface area contributed by atoms with Crippen molar-refractivity contribution in [1.82, 2.24) is 4.72 Å². The van der Waals surface area contributed by atoms with Crippen LogP contribution < -0.4 is 4.72 Å². The smallest absolute Gasteiger partial charge is 0.306 e. The van der Waals surface area contributed by atoms with Gasteiger partial charge in [-0.1, -0.05) is 12.1 Å². The molecule has 106 valence electrons. The van der Waals surface area contributed by atoms with Gasteiger partial charge in [0.25, 0.3) is 0 Å². The number of sulfonamides is 1. The Morgan fingerprint density at radius 3 is 2.65 bits per heavy atom. The number of aryl methyl sites for hydroxylation is 1. The Bertz CT molecular complexity index is 685. The van der Waals surface area contributed by atoms with Crippen molar-refractivity contribution in [3.8, 4) is 6.07 Å². The van der Waals surface area contributed by atoms with E-state index in [-0.39, 0.29) is 29.3 Å². The second-order valence-electron chi connectivity index (χ2n) is 4.88. The third-order valence-electron chi connectivity index (χ3n) is 3.45. The summed E-state index contributed by atoms with van der Waals surface area (Å²) in [4.78, 5) is 10.6. The van der Waals surface area contributed by atoms with E-state index in [0.29, 0.717) is 5.56 Å². The molecule has 0 radical (unpaired) electrons. The van der Waals surface area contributed by atoms with Crippen molar-refractivity contribution in [2.75, 3.05) is 0 Å². The summed E-state index contributed by atoms with van der Waals surface area (Å²) in [6.45, 7) is 1.67. The van der Waals surface area contributed by atoms with E-state index in [0.717, 1.165) is 0 Å². The van der Waals surface area contributed by atoms with Crippen LogP contribution in [0.3, 0.4) is 0 Å². The van der Waals surface area contributed by atoms with Crippen LogP contribution in [-0.4, -0.2) is 25.5 Å². The number of benzene rings is 1. The first-order chi connectivity index (χ1) is 9.35. The molecule has 0 saturated heterocycles. The summed E-state index contributed by atoms with van der Waals surface area (Å²) < 4.78 is 26.9. The van der Waals surface area contributed by atoms with Gasteiger partial charge in [0.2, 0.25) is 10.0 Å². The van der Waals surface area contributed by atoms with Gasteiger partial charge in [0.05, 0.1) is 11.5 Å². The second-order valence-corrected chi connectivity index (χ2v) is 6.57. The first-order valence-corrected chi connectivity index (χ1v) is 7.58. The zero-order valence-electron chi connectivity index (χ0n) is 10.8. The Morgan fingerprint density at radius 2 is 2.10 bits per heavy atom. The van der Waals surface area contributed by atoms with Crippen molar-refractivity contribution < 1.29 is 18.3 Å². The standard InChI is InChI=1S/C13H14N2O4S/c1-8-3-2-4-12(11(8)7-14)20(18,19)15-10-5-9(6-10)13(16)17/h2-4,9-10,15H,5-6H2,1H3,(H,16,17). The highest BCUT2D eigenvalue weighted by Crippen LogP contribution is 2.29. The molecule has 7 heteroatoms. The van der Waals surface area contributed by atoms with Gasteiger partial charge in [-0.2, -0.15) is 5.26 Å². The first kappa shape index (κ1) is 14.5. The Hall–Kier alpha value is -1.91. The lowest BCUT2D eigenvalue weighted by atomic mass is 9.81. The van der Waals surface area contributed by atoms with E-state index in [1.165, 1.54) is 6.07 Å². The summed E-state index contributed by atoms with van der Waals surface area (Å²) in [7, 11) is -3.80. The minimum absolute atomic E-state index is 0.0567. The number of nitrogens with one attached hydrogen (secondary N) is 1. The van der Waals surface area contributed by atoms with Gasteiger partial charge in [0, 0.05) is 6.04 Å². The Morgan fingerprint density at radius 1 is 1.45 bits per heavy atom. The van der Waals surface area contributed by atoms with E-state index in [1.807, 2.05) is 6.07 Å². The molecular formula is C13H14N2O4S. The van der Waals surface area contributed by atoms with Crippen LogP contribution in [0.2, 0.25) is 0 Å². The quantitative estimate of drug-likeness (QED) is 0.861. The van der Waals surface area contributed by atoms with E-state index < -0.39 is 21.9 Å². The first-order valence-electron chi connectivity index (χ1n) is 6.10. The van der Waals surface area contributed by atoms with Crippen molar-refractivity contribution in [3.63, 3.8) is 0 Å². The maximum absolute atomic E-state index is 12.2. The lowest BCUT2D eigenvalue weighted by Gasteiger charge is -2.32. The number of nitrogens with zero attached hydrogens (tertiary/aromatic N) is 1. The molecule has 2 rings (SSSR count). The van der Waals surface area contributed by atoms with Crippen LogP contribution in [-0.2, 0) is 14.8 Å². The normalized spacial score (nSPS) is 21.8. The van der Waals surface area contributed by atoms with Crippen LogP contribution in [0.4, 0.5) is 0 Å². The van der Waals surface area contributed by atoms with Crippen LogP contribution in [0.5, 0.6) is 0 Å². The number of aliphatic carboxylic acids is 1. The minimum Gasteiger partial charge on any atom is -0.481 e. The number of carboxylic acids is 1. The van der Waals surface area contributed by atoms with E-state index in [1.54, 1.807) is 19.1 Å². The van der Waals surface area contributed by atoms with Crippen molar-refractivity contribution >= 4 is 16.0 Å². The van der Waals surface area contributed by atoms with E-state index in [4.69, 9.17) is 10.4 Å². The molecule has 0 bridgehead atoms. The maximum atomic E-state index is 12.2. The number of carboxylic acid groups (broad SMARTS) is 1. The third-order valence-corrected chi connectivity index (χ3v) is 5.01. The summed E-state index contributed by atoms with van der Waals surface area (Å²) in [5.41, 5.74) is 0.710. The van der Waals surface area contributed by atoms with E-state index in [2.05, 4.69) is 4.72 Å². The van der Waals surface area contributed by atoms with Crippen molar-refractivity contribution in [3.05, 3.63) is 29.3 Å². The summed E-state index contributed by atoms with van der Waals surface area (Å²) in [5.74, 6) is -1.40. The molecule has 0 heterocycles. The molecule has 2 N–H and O–H groups in total. The number of nitriles is 1. The van der Waals surface area contributed by atoms with Gasteiger partial charge >= 0.3 is 5.97 Å². The molecule has 0 aliphatic heterocycles. The molecule has 1 aromatic rings. The van der Waals surface area contributed by atoms with E-state index in [9.17, 15) is 13.2 Å². The van der Waals surface area contributed by atoms with Crippen molar-refractivity contribution in [2.45, 2.75) is 30.7 Å². The molecule has 20 heavy (non-hydrogen) atoms. The van der Waals surface area contributed by atoms with Crippen molar-refractivity contribution in [1.29, 1.82) is 5.26 Å². The zero-order valence-corrected chi connectivity index (χ0v) is 11.6. The van der Waals surface area contributed by atoms with Gasteiger partial charge in [-0.25, -0.2) is 13.1 Å². The fourth-order valence-corrected chi connectivity index (χ4v) is 3.70. The van der Waals surface area contributed by atoms with Crippen LogP contribution in [0.25, 0.3) is 0 Å². The largest absolute Gasteiger partial charge is 0.481 e. The average molecular weight is 294 g/mol. The average Bonchev–Trinajstić information content (AvgIpc) is 2.32. The van der Waals surface area contributed by atoms with Gasteiger partial charge in [0.1, 0.15) is 11.0 Å². The van der Waals surface area contributed by atoms with Gasteiger partial charge in [-0.3, -0.25) is 4.79 Å². The molecular weight excluding hydrogens is 280 g/mol. The van der Waals surface area contributed by atoms with Gasteiger partial charge < -0.3 is 5.11 Å². The lowest BCUT2D eigenvalue weighted by Crippen LogP contribution is -2.46. The zero-order chi connectivity index (χ0) is 14.9. The Kier molecular flexibility index (Phi) is 3.79. The number of hydrogen-bond acceptors (Lipinski definition) is 4. The van der Waals surface area contributed by atoms with Crippen LogP contribution >= 0.6 is 0 Å². The molecule has 0 spiro atoms. The minimum atomic E-state index is -3.80. The van der Waals surface area contributed by atoms with Crippen LogP contribution in [0.15, 0.2) is 23.1 Å². The predicted molar refractivity (Wildman–Crippen MR) is 70.4 cm³/mol. The molecule has 6 nitrogen and oxygen atoms in total. The molecule has 1 fully saturated rings. The Balaban J connectivity index is 2.19. The van der Waals surface area contributed by atoms with Crippen molar-refractivity contribution in [2.24, 2.45) is 5.92 Å². The molecule has 1 aliphatic rings. The number of rotatable bonds is 4. The van der Waals surface area contributed by atoms with Gasteiger partial charge in [0.15, 0.2) is 0 Å². The highest BCUT2D eigenvalue weighted by atomic mass is 32.2. The number of carbonyl (C=O) groups is 1. The highest BCUT2D eigenvalue weighted by Gasteiger charge is 2.37. The summed E-state index contributed by atoms with van der Waals surface area (Å²) in [5, 5.41) is 17.8. The molecule has 1 aliphatic carbocycles. The summed E-state index contributed by atoms with van der Waals surface area (Å²) >= 11 is 0. The molecule has 0 unspecified atom stereocenters. The lowest BCUT2D eigenvalue weighted by molar-refractivity contribution is -0.145. The number of hydrogen-bond donors (Lipinski definition) is 2. The van der Waals surface area contributed by atoms with Gasteiger partial charge in [-0.15, -0.1) is 0 Å². The molecule has 1 saturated carbocycles. The molecule has 0 amide bonds. The van der Waals surface area contributed by atoms with Crippen LogP contribution in [0, 0.1) is 24.2 Å². The second kappa shape index (κ2) is 5.23. The summed E-state index contributed by atoms with van der Waals surface area (Å²) in [6, 6.07) is 6.13. The monoisotopic (exact) mass is 294 g/mol. The van der Waals surface area contributed by atoms with Gasteiger partial charge in [-0.05, 0) is 31.4 Å².